The van der Waals surface area contributed by atoms with Crippen molar-refractivity contribution in [2.75, 3.05) is 13.2 Å². The fourth-order valence-corrected chi connectivity index (χ4v) is 2.98. The van der Waals surface area contributed by atoms with Gasteiger partial charge in [0.25, 0.3) is 0 Å². The van der Waals surface area contributed by atoms with Crippen LogP contribution in [-0.4, -0.2) is 35.3 Å². The minimum Gasteiger partial charge on any atom is -0.396 e. The van der Waals surface area contributed by atoms with E-state index >= 15 is 0 Å². The molecular weight excluding hydrogens is 262 g/mol. The molecule has 1 aromatic heterocycles. The topological polar surface area (TPSA) is 74.2 Å². The first-order chi connectivity index (χ1) is 9.28. The Morgan fingerprint density at radius 1 is 1.42 bits per heavy atom. The van der Waals surface area contributed by atoms with Crippen LogP contribution in [0.5, 0.6) is 0 Å². The molecule has 0 radical (unpaired) electrons. The van der Waals surface area contributed by atoms with Gasteiger partial charge in [0.05, 0.1) is 11.2 Å². The fraction of sp³-hybridized carbons (Fsp3) is 0.692. The van der Waals surface area contributed by atoms with Crippen molar-refractivity contribution in [1.82, 2.24) is 15.6 Å². The number of carbonyl (C=O) groups is 1. The summed E-state index contributed by atoms with van der Waals surface area (Å²) in [6.07, 6.45) is 4.70. The monoisotopic (exact) mass is 283 g/mol. The van der Waals surface area contributed by atoms with E-state index in [9.17, 15) is 4.79 Å². The molecule has 0 spiro atoms. The number of aliphatic hydroxyl groups excluding tert-OH is 1. The Hall–Kier alpha value is -1.14. The highest BCUT2D eigenvalue weighted by molar-refractivity contribution is 7.07. The third kappa shape index (κ3) is 4.80. The second-order valence-electron chi connectivity index (χ2n) is 5.03. The average Bonchev–Trinajstić information content (AvgIpc) is 2.93. The normalized spacial score (nSPS) is 23.0. The molecule has 6 heteroatoms. The van der Waals surface area contributed by atoms with Gasteiger partial charge in [-0.15, -0.1) is 11.3 Å². The van der Waals surface area contributed by atoms with Gasteiger partial charge < -0.3 is 15.7 Å². The van der Waals surface area contributed by atoms with Crippen molar-refractivity contribution in [3.05, 3.63) is 16.6 Å². The van der Waals surface area contributed by atoms with Crippen LogP contribution in [0.2, 0.25) is 0 Å². The van der Waals surface area contributed by atoms with Gasteiger partial charge in [-0.2, -0.15) is 0 Å². The van der Waals surface area contributed by atoms with E-state index in [2.05, 4.69) is 15.6 Å². The van der Waals surface area contributed by atoms with Crippen molar-refractivity contribution in [3.63, 3.8) is 0 Å². The molecule has 1 heterocycles. The lowest BCUT2D eigenvalue weighted by Crippen LogP contribution is -2.44. The highest BCUT2D eigenvalue weighted by atomic mass is 32.1. The van der Waals surface area contributed by atoms with Gasteiger partial charge in [0, 0.05) is 31.0 Å². The lowest BCUT2D eigenvalue weighted by molar-refractivity contribution is 0.174. The quantitative estimate of drug-likeness (QED) is 0.767. The van der Waals surface area contributed by atoms with E-state index in [1.807, 2.05) is 5.38 Å². The minimum absolute atomic E-state index is 0.0947. The number of amides is 2. The second kappa shape index (κ2) is 7.45. The van der Waals surface area contributed by atoms with Gasteiger partial charge in [0.2, 0.25) is 0 Å². The van der Waals surface area contributed by atoms with E-state index in [-0.39, 0.29) is 18.7 Å². The van der Waals surface area contributed by atoms with Crippen molar-refractivity contribution in [3.8, 4) is 0 Å². The molecular formula is C13H21N3O2S. The lowest BCUT2D eigenvalue weighted by atomic mass is 9.87. The SMILES string of the molecule is O=C(NCCc1cscn1)NC1CCC(CO)CC1. The molecule has 2 rings (SSSR count). The van der Waals surface area contributed by atoms with E-state index < -0.39 is 0 Å². The summed E-state index contributed by atoms with van der Waals surface area (Å²) in [6.45, 7) is 0.883. The van der Waals surface area contributed by atoms with Crippen LogP contribution in [0, 0.1) is 5.92 Å². The number of carbonyl (C=O) groups excluding carboxylic acids is 1. The smallest absolute Gasteiger partial charge is 0.315 e. The van der Waals surface area contributed by atoms with Crippen LogP contribution in [0.25, 0.3) is 0 Å². The summed E-state index contributed by atoms with van der Waals surface area (Å²) >= 11 is 1.57. The lowest BCUT2D eigenvalue weighted by Gasteiger charge is -2.27. The highest BCUT2D eigenvalue weighted by Gasteiger charge is 2.21. The molecule has 5 nitrogen and oxygen atoms in total. The van der Waals surface area contributed by atoms with Gasteiger partial charge in [-0.25, -0.2) is 9.78 Å². The zero-order chi connectivity index (χ0) is 13.5. The van der Waals surface area contributed by atoms with Crippen molar-refractivity contribution >= 4 is 17.4 Å². The Morgan fingerprint density at radius 2 is 2.21 bits per heavy atom. The Labute approximate surface area is 117 Å². The fourth-order valence-electron chi connectivity index (χ4n) is 2.39. The second-order valence-corrected chi connectivity index (χ2v) is 5.75. The number of aliphatic hydroxyl groups is 1. The van der Waals surface area contributed by atoms with Crippen LogP contribution >= 0.6 is 11.3 Å². The molecule has 0 atom stereocenters. The van der Waals surface area contributed by atoms with Crippen LogP contribution in [0.15, 0.2) is 10.9 Å². The molecule has 1 aliphatic rings. The number of nitrogens with one attached hydrogen (secondary N) is 2. The molecule has 0 aromatic carbocycles. The summed E-state index contributed by atoms with van der Waals surface area (Å²) in [5.74, 6) is 0.422. The first-order valence-corrected chi connectivity index (χ1v) is 7.74. The molecule has 0 aliphatic heterocycles. The predicted molar refractivity (Wildman–Crippen MR) is 75.2 cm³/mol. The number of rotatable bonds is 5. The van der Waals surface area contributed by atoms with Crippen LogP contribution in [0.4, 0.5) is 4.79 Å². The van der Waals surface area contributed by atoms with E-state index in [1.165, 1.54) is 0 Å². The molecule has 1 aromatic rings. The predicted octanol–water partition coefficient (Wildman–Crippen LogP) is 1.54. The molecule has 0 unspecified atom stereocenters. The summed E-state index contributed by atoms with van der Waals surface area (Å²) in [7, 11) is 0. The van der Waals surface area contributed by atoms with E-state index in [1.54, 1.807) is 16.8 Å². The third-order valence-corrected chi connectivity index (χ3v) is 4.23. The maximum Gasteiger partial charge on any atom is 0.315 e. The molecule has 3 N–H and O–H groups in total. The summed E-state index contributed by atoms with van der Waals surface area (Å²) in [5.41, 5.74) is 2.82. The number of thiazole rings is 1. The van der Waals surface area contributed by atoms with Gasteiger partial charge >= 0.3 is 6.03 Å². The zero-order valence-electron chi connectivity index (χ0n) is 11.0. The van der Waals surface area contributed by atoms with Gasteiger partial charge in [0.1, 0.15) is 0 Å². The average molecular weight is 283 g/mol. The summed E-state index contributed by atoms with van der Waals surface area (Å²) in [5, 5.41) is 16.9. The van der Waals surface area contributed by atoms with Gasteiger partial charge in [0.15, 0.2) is 0 Å². The number of nitrogens with zero attached hydrogens (tertiary/aromatic N) is 1. The molecule has 0 bridgehead atoms. The standard InChI is InChI=1S/C13H21N3O2S/c17-7-10-1-3-11(4-2-10)16-13(18)14-6-5-12-8-19-9-15-12/h8-11,17H,1-7H2,(H2,14,16,18). The van der Waals surface area contributed by atoms with Gasteiger partial charge in [-0.3, -0.25) is 0 Å². The van der Waals surface area contributed by atoms with Gasteiger partial charge in [-0.1, -0.05) is 0 Å². The van der Waals surface area contributed by atoms with Crippen molar-refractivity contribution in [2.45, 2.75) is 38.1 Å². The third-order valence-electron chi connectivity index (χ3n) is 3.59. The summed E-state index contributed by atoms with van der Waals surface area (Å²) in [4.78, 5) is 15.9. The minimum atomic E-state index is -0.0947. The van der Waals surface area contributed by atoms with Gasteiger partial charge in [-0.05, 0) is 31.6 Å². The molecule has 1 aliphatic carbocycles. The highest BCUT2D eigenvalue weighted by Crippen LogP contribution is 2.23. The molecule has 19 heavy (non-hydrogen) atoms. The van der Waals surface area contributed by atoms with Crippen molar-refractivity contribution in [1.29, 1.82) is 0 Å². The van der Waals surface area contributed by atoms with Crippen LogP contribution in [0.3, 0.4) is 0 Å². The van der Waals surface area contributed by atoms with E-state index in [0.29, 0.717) is 12.5 Å². The Kier molecular flexibility index (Phi) is 5.60. The Morgan fingerprint density at radius 3 is 2.84 bits per heavy atom. The Balaban J connectivity index is 1.59. The number of aromatic nitrogens is 1. The number of hydrogen-bond acceptors (Lipinski definition) is 4. The molecule has 1 saturated carbocycles. The molecule has 2 amide bonds. The molecule has 106 valence electrons. The maximum absolute atomic E-state index is 11.7. The van der Waals surface area contributed by atoms with Crippen molar-refractivity contribution in [2.24, 2.45) is 5.92 Å². The number of urea groups is 1. The van der Waals surface area contributed by atoms with Crippen molar-refractivity contribution < 1.29 is 9.90 Å². The first kappa shape index (κ1) is 14.3. The first-order valence-electron chi connectivity index (χ1n) is 6.80. The zero-order valence-corrected chi connectivity index (χ0v) is 11.8. The number of hydrogen-bond donors (Lipinski definition) is 3. The van der Waals surface area contributed by atoms with E-state index in [4.69, 9.17) is 5.11 Å². The largest absolute Gasteiger partial charge is 0.396 e. The Bertz CT molecular complexity index is 375. The summed E-state index contributed by atoms with van der Waals surface area (Å²) in [6, 6.07) is 0.157. The van der Waals surface area contributed by atoms with Crippen LogP contribution in [-0.2, 0) is 6.42 Å². The van der Waals surface area contributed by atoms with E-state index in [0.717, 1.165) is 37.8 Å². The maximum atomic E-state index is 11.7. The summed E-state index contributed by atoms with van der Waals surface area (Å²) < 4.78 is 0. The molecule has 0 saturated heterocycles. The van der Waals surface area contributed by atoms with Crippen LogP contribution in [0.1, 0.15) is 31.4 Å². The molecule has 1 fully saturated rings. The van der Waals surface area contributed by atoms with Crippen LogP contribution < -0.4 is 10.6 Å².